The second-order valence-corrected chi connectivity index (χ2v) is 6.95. The molecule has 0 aromatic heterocycles. The Morgan fingerprint density at radius 1 is 1.00 bits per heavy atom. The molecule has 0 bridgehead atoms. The van der Waals surface area contributed by atoms with E-state index in [-0.39, 0.29) is 18.1 Å². The van der Waals surface area contributed by atoms with E-state index in [1.165, 1.54) is 0 Å². The van der Waals surface area contributed by atoms with Crippen molar-refractivity contribution in [3.8, 4) is 5.75 Å². The van der Waals surface area contributed by atoms with Gasteiger partial charge in [-0.3, -0.25) is 5.32 Å². The summed E-state index contributed by atoms with van der Waals surface area (Å²) in [7, 11) is 1.65. The summed E-state index contributed by atoms with van der Waals surface area (Å²) in [5.41, 5.74) is 2.46. The number of methoxy groups -OCH3 is 1. The molecule has 29 heavy (non-hydrogen) atoms. The minimum Gasteiger partial charge on any atom is -0.497 e. The number of ether oxygens (including phenoxy) is 2. The van der Waals surface area contributed by atoms with Crippen molar-refractivity contribution in [3.05, 3.63) is 90.0 Å². The zero-order chi connectivity index (χ0) is 20.8. The van der Waals surface area contributed by atoms with Crippen LogP contribution in [0.15, 0.2) is 78.9 Å². The van der Waals surface area contributed by atoms with E-state index in [1.807, 2.05) is 42.5 Å². The van der Waals surface area contributed by atoms with Gasteiger partial charge in [-0.1, -0.05) is 55.1 Å². The van der Waals surface area contributed by atoms with Crippen LogP contribution in [0.2, 0.25) is 0 Å². The number of hydrogen-bond donors (Lipinski definition) is 1. The van der Waals surface area contributed by atoms with E-state index in [0.29, 0.717) is 12.2 Å². The number of benzene rings is 3. The molecule has 4 heteroatoms. The summed E-state index contributed by atoms with van der Waals surface area (Å²) >= 11 is 0. The fourth-order valence-electron chi connectivity index (χ4n) is 3.37. The van der Waals surface area contributed by atoms with Gasteiger partial charge in [-0.2, -0.15) is 0 Å². The molecule has 0 fully saturated rings. The van der Waals surface area contributed by atoms with Gasteiger partial charge in [-0.05, 0) is 53.9 Å². The molecule has 0 saturated carbocycles. The van der Waals surface area contributed by atoms with E-state index in [2.05, 4.69) is 43.1 Å². The van der Waals surface area contributed by atoms with Gasteiger partial charge in [0.15, 0.2) is 0 Å². The molecule has 3 aromatic rings. The van der Waals surface area contributed by atoms with Crippen LogP contribution in [0, 0.1) is 0 Å². The van der Waals surface area contributed by atoms with Crippen molar-refractivity contribution in [3.63, 3.8) is 0 Å². The molecule has 0 spiro atoms. The topological polar surface area (TPSA) is 47.6 Å². The van der Waals surface area contributed by atoms with Crippen molar-refractivity contribution in [2.24, 2.45) is 0 Å². The molecule has 0 radical (unpaired) electrons. The lowest BCUT2D eigenvalue weighted by molar-refractivity contribution is -0.138. The quantitative estimate of drug-likeness (QED) is 0.416. The average molecular weight is 389 g/mol. The smallest absolute Gasteiger partial charge is 0.335 e. The van der Waals surface area contributed by atoms with Crippen molar-refractivity contribution in [1.82, 2.24) is 5.32 Å². The van der Waals surface area contributed by atoms with Crippen LogP contribution in [0.5, 0.6) is 5.75 Å². The Morgan fingerprint density at radius 2 is 1.66 bits per heavy atom. The molecule has 0 amide bonds. The van der Waals surface area contributed by atoms with Crippen molar-refractivity contribution >= 4 is 16.7 Å². The maximum absolute atomic E-state index is 12.4. The normalized spacial score (nSPS) is 12.9. The second kappa shape index (κ2) is 9.39. The van der Waals surface area contributed by atoms with Gasteiger partial charge in [0.1, 0.15) is 5.75 Å². The summed E-state index contributed by atoms with van der Waals surface area (Å²) in [5, 5.41) is 5.82. The molecular formula is C25H27NO3. The van der Waals surface area contributed by atoms with Gasteiger partial charge in [0.05, 0.1) is 25.3 Å². The summed E-state index contributed by atoms with van der Waals surface area (Å²) in [6, 6.07) is 21.9. The minimum absolute atomic E-state index is 0.0106. The van der Waals surface area contributed by atoms with Crippen molar-refractivity contribution in [2.45, 2.75) is 25.9 Å². The lowest BCUT2D eigenvalue weighted by Crippen LogP contribution is -2.29. The predicted octanol–water partition coefficient (Wildman–Crippen LogP) is 5.36. The van der Waals surface area contributed by atoms with E-state index < -0.39 is 0 Å². The fraction of sp³-hybridized carbons (Fsp3) is 0.240. The SMILES string of the molecule is C=C(C(=O)OCC)[C@H](N[C@@H](C)c1ccc(OC)cc1)c1ccc2ccccc2c1. The molecule has 0 aliphatic rings. The van der Waals surface area contributed by atoms with Crippen LogP contribution in [0.4, 0.5) is 0 Å². The van der Waals surface area contributed by atoms with E-state index >= 15 is 0 Å². The van der Waals surface area contributed by atoms with Gasteiger partial charge >= 0.3 is 5.97 Å². The van der Waals surface area contributed by atoms with Gasteiger partial charge in [0, 0.05) is 6.04 Å². The molecule has 0 aliphatic carbocycles. The maximum Gasteiger partial charge on any atom is 0.335 e. The first-order valence-corrected chi connectivity index (χ1v) is 9.78. The van der Waals surface area contributed by atoms with Crippen molar-refractivity contribution < 1.29 is 14.3 Å². The molecule has 0 saturated heterocycles. The fourth-order valence-corrected chi connectivity index (χ4v) is 3.37. The molecule has 2 atom stereocenters. The Morgan fingerprint density at radius 3 is 2.31 bits per heavy atom. The number of nitrogens with one attached hydrogen (secondary N) is 1. The van der Waals surface area contributed by atoms with Gasteiger partial charge < -0.3 is 9.47 Å². The molecule has 0 aliphatic heterocycles. The maximum atomic E-state index is 12.4. The molecule has 0 unspecified atom stereocenters. The van der Waals surface area contributed by atoms with Crippen LogP contribution in [-0.2, 0) is 9.53 Å². The standard InChI is InChI=1S/C25H27NO3/c1-5-29-25(27)17(2)24(22-11-10-20-8-6-7-9-21(20)16-22)26-18(3)19-12-14-23(28-4)15-13-19/h6-16,18,24,26H,2,5H2,1,3-4H3/t18-,24-/m0/s1. The largest absolute Gasteiger partial charge is 0.497 e. The molecule has 3 rings (SSSR count). The van der Waals surface area contributed by atoms with Gasteiger partial charge in [-0.25, -0.2) is 4.79 Å². The number of esters is 1. The van der Waals surface area contributed by atoms with Crippen molar-refractivity contribution in [1.29, 1.82) is 0 Å². The molecule has 0 heterocycles. The number of carbonyl (C=O) groups excluding carboxylic acids is 1. The Hall–Kier alpha value is -3.11. The van der Waals surface area contributed by atoms with Gasteiger partial charge in [0.2, 0.25) is 0 Å². The molecule has 1 N–H and O–H groups in total. The summed E-state index contributed by atoms with van der Waals surface area (Å²) in [5.74, 6) is 0.419. The van der Waals surface area contributed by atoms with E-state index in [4.69, 9.17) is 9.47 Å². The Kier molecular flexibility index (Phi) is 6.68. The first kappa shape index (κ1) is 20.6. The highest BCUT2D eigenvalue weighted by atomic mass is 16.5. The van der Waals surface area contributed by atoms with E-state index in [1.54, 1.807) is 14.0 Å². The zero-order valence-electron chi connectivity index (χ0n) is 17.1. The van der Waals surface area contributed by atoms with E-state index in [0.717, 1.165) is 27.6 Å². The van der Waals surface area contributed by atoms with Crippen LogP contribution in [0.1, 0.15) is 37.1 Å². The van der Waals surface area contributed by atoms with Crippen LogP contribution < -0.4 is 10.1 Å². The summed E-state index contributed by atoms with van der Waals surface area (Å²) in [6.45, 7) is 8.22. The first-order valence-electron chi connectivity index (χ1n) is 9.78. The lowest BCUT2D eigenvalue weighted by atomic mass is 9.95. The molecule has 3 aromatic carbocycles. The third kappa shape index (κ3) is 4.84. The van der Waals surface area contributed by atoms with Crippen molar-refractivity contribution in [2.75, 3.05) is 13.7 Å². The lowest BCUT2D eigenvalue weighted by Gasteiger charge is -2.25. The van der Waals surface area contributed by atoms with Gasteiger partial charge in [-0.15, -0.1) is 0 Å². The first-order chi connectivity index (χ1) is 14.0. The average Bonchev–Trinajstić information content (AvgIpc) is 2.76. The van der Waals surface area contributed by atoms with Crippen LogP contribution in [0.25, 0.3) is 10.8 Å². The molecule has 4 nitrogen and oxygen atoms in total. The zero-order valence-corrected chi connectivity index (χ0v) is 17.1. The second-order valence-electron chi connectivity index (χ2n) is 6.95. The Labute approximate surface area is 172 Å². The Balaban J connectivity index is 1.92. The highest BCUT2D eigenvalue weighted by Crippen LogP contribution is 2.29. The number of fused-ring (bicyclic) bond motifs is 1. The van der Waals surface area contributed by atoms with Gasteiger partial charge in [0.25, 0.3) is 0 Å². The highest BCUT2D eigenvalue weighted by Gasteiger charge is 2.24. The summed E-state index contributed by atoms with van der Waals surface area (Å²) < 4.78 is 10.5. The molecule has 150 valence electrons. The number of carbonyl (C=O) groups is 1. The summed E-state index contributed by atoms with van der Waals surface area (Å²) in [4.78, 5) is 12.4. The van der Waals surface area contributed by atoms with Crippen LogP contribution in [0.3, 0.4) is 0 Å². The Bertz CT molecular complexity index is 994. The minimum atomic E-state index is -0.389. The van der Waals surface area contributed by atoms with Crippen LogP contribution in [-0.4, -0.2) is 19.7 Å². The molecular weight excluding hydrogens is 362 g/mol. The van der Waals surface area contributed by atoms with E-state index in [9.17, 15) is 4.79 Å². The van der Waals surface area contributed by atoms with Crippen LogP contribution >= 0.6 is 0 Å². The third-order valence-corrected chi connectivity index (χ3v) is 5.03. The third-order valence-electron chi connectivity index (χ3n) is 5.03. The highest BCUT2D eigenvalue weighted by molar-refractivity contribution is 5.90. The number of hydrogen-bond acceptors (Lipinski definition) is 4. The number of rotatable bonds is 8. The monoisotopic (exact) mass is 389 g/mol. The summed E-state index contributed by atoms with van der Waals surface area (Å²) in [6.07, 6.45) is 0. The predicted molar refractivity (Wildman–Crippen MR) is 117 cm³/mol.